The molecule has 4 N–H and O–H groups in total. The summed E-state index contributed by atoms with van der Waals surface area (Å²) in [4.78, 5) is 11.8. The molecule has 0 fully saturated rings. The first-order valence-corrected chi connectivity index (χ1v) is 5.50. The number of aliphatic hydroxyl groups excluding tert-OH is 3. The first kappa shape index (κ1) is 15.5. The minimum Gasteiger partial charge on any atom is -0.394 e. The number of benzene rings is 1. The molecule has 1 aromatic rings. The Kier molecular flexibility index (Phi) is 4.93. The Morgan fingerprint density at radius 1 is 1.16 bits per heavy atom. The molecule has 0 radical (unpaired) electrons. The Bertz CT molecular complexity index is 467. The van der Waals surface area contributed by atoms with Crippen molar-refractivity contribution in [1.29, 1.82) is 0 Å². The highest BCUT2D eigenvalue weighted by atomic mass is 19.1. The molecule has 7 heteroatoms. The van der Waals surface area contributed by atoms with Gasteiger partial charge in [0.1, 0.15) is 17.2 Å². The van der Waals surface area contributed by atoms with Gasteiger partial charge in [0.15, 0.2) is 0 Å². The summed E-state index contributed by atoms with van der Waals surface area (Å²) >= 11 is 0. The molecule has 1 rings (SSSR count). The number of carbonyl (C=O) groups is 1. The molecule has 0 saturated heterocycles. The van der Waals surface area contributed by atoms with E-state index in [0.717, 1.165) is 6.07 Å². The standard InChI is InChI=1S/C12H15F2NO4/c1-7-2-8(10(14)3-9(7)13)11(19)15-12(4-16,5-17)6-18/h2-3,16-18H,4-6H2,1H3,(H,15,19). The van der Waals surface area contributed by atoms with Gasteiger partial charge < -0.3 is 20.6 Å². The number of aliphatic hydroxyl groups is 3. The van der Waals surface area contributed by atoms with Crippen LogP contribution in [0.15, 0.2) is 12.1 Å². The molecule has 0 bridgehead atoms. The maximum absolute atomic E-state index is 13.5. The lowest BCUT2D eigenvalue weighted by Gasteiger charge is -2.28. The maximum Gasteiger partial charge on any atom is 0.254 e. The predicted molar refractivity (Wildman–Crippen MR) is 62.5 cm³/mol. The van der Waals surface area contributed by atoms with Gasteiger partial charge in [-0.15, -0.1) is 0 Å². The summed E-state index contributed by atoms with van der Waals surface area (Å²) in [6.07, 6.45) is 0. The van der Waals surface area contributed by atoms with Crippen molar-refractivity contribution in [3.8, 4) is 0 Å². The van der Waals surface area contributed by atoms with E-state index in [1.807, 2.05) is 0 Å². The lowest BCUT2D eigenvalue weighted by atomic mass is 10.0. The largest absolute Gasteiger partial charge is 0.394 e. The number of hydrogen-bond donors (Lipinski definition) is 4. The van der Waals surface area contributed by atoms with Crippen LogP contribution < -0.4 is 5.32 Å². The normalized spacial score (nSPS) is 11.5. The van der Waals surface area contributed by atoms with Crippen molar-refractivity contribution < 1.29 is 28.9 Å². The fraction of sp³-hybridized carbons (Fsp3) is 0.417. The van der Waals surface area contributed by atoms with E-state index in [1.165, 1.54) is 6.92 Å². The smallest absolute Gasteiger partial charge is 0.254 e. The number of carbonyl (C=O) groups excluding carboxylic acids is 1. The van der Waals surface area contributed by atoms with Crippen LogP contribution in [0.25, 0.3) is 0 Å². The fourth-order valence-corrected chi connectivity index (χ4v) is 1.41. The molecule has 1 amide bonds. The SMILES string of the molecule is Cc1cc(C(=O)NC(CO)(CO)CO)c(F)cc1F. The van der Waals surface area contributed by atoms with Gasteiger partial charge in [0, 0.05) is 6.07 Å². The van der Waals surface area contributed by atoms with Crippen molar-refractivity contribution in [3.63, 3.8) is 0 Å². The van der Waals surface area contributed by atoms with Gasteiger partial charge in [0.25, 0.3) is 5.91 Å². The molecule has 1 aromatic carbocycles. The second-order valence-electron chi connectivity index (χ2n) is 4.29. The number of amides is 1. The Balaban J connectivity index is 3.04. The van der Waals surface area contributed by atoms with Crippen LogP contribution in [0.4, 0.5) is 8.78 Å². The molecule has 0 saturated carbocycles. The number of nitrogens with one attached hydrogen (secondary N) is 1. The highest BCUT2D eigenvalue weighted by Gasteiger charge is 2.31. The molecule has 0 unspecified atom stereocenters. The third kappa shape index (κ3) is 3.25. The van der Waals surface area contributed by atoms with Crippen molar-refractivity contribution in [2.24, 2.45) is 0 Å². The monoisotopic (exact) mass is 275 g/mol. The molecule has 0 spiro atoms. The van der Waals surface area contributed by atoms with Gasteiger partial charge in [0.05, 0.1) is 25.4 Å². The van der Waals surface area contributed by atoms with Crippen LogP contribution in [0.2, 0.25) is 0 Å². The first-order valence-electron chi connectivity index (χ1n) is 5.50. The topological polar surface area (TPSA) is 89.8 Å². The van der Waals surface area contributed by atoms with E-state index in [4.69, 9.17) is 15.3 Å². The van der Waals surface area contributed by atoms with E-state index in [2.05, 4.69) is 5.32 Å². The van der Waals surface area contributed by atoms with E-state index < -0.39 is 48.5 Å². The average molecular weight is 275 g/mol. The summed E-state index contributed by atoms with van der Waals surface area (Å²) in [6, 6.07) is 1.58. The number of halogens is 2. The van der Waals surface area contributed by atoms with Crippen molar-refractivity contribution in [1.82, 2.24) is 5.32 Å². The third-order valence-corrected chi connectivity index (χ3v) is 2.78. The quantitative estimate of drug-likeness (QED) is 0.595. The van der Waals surface area contributed by atoms with E-state index in [9.17, 15) is 13.6 Å². The van der Waals surface area contributed by atoms with Crippen molar-refractivity contribution >= 4 is 5.91 Å². The maximum atomic E-state index is 13.5. The molecular weight excluding hydrogens is 260 g/mol. The molecule has 0 heterocycles. The molecule has 0 atom stereocenters. The number of aryl methyl sites for hydroxylation is 1. The zero-order valence-electron chi connectivity index (χ0n) is 10.3. The van der Waals surface area contributed by atoms with Gasteiger partial charge >= 0.3 is 0 Å². The Hall–Kier alpha value is -1.57. The molecular formula is C12H15F2NO4. The van der Waals surface area contributed by atoms with Gasteiger partial charge in [-0.1, -0.05) is 0 Å². The van der Waals surface area contributed by atoms with Crippen LogP contribution in [0.3, 0.4) is 0 Å². The lowest BCUT2D eigenvalue weighted by molar-refractivity contribution is 0.0373. The Morgan fingerprint density at radius 2 is 1.68 bits per heavy atom. The zero-order valence-corrected chi connectivity index (χ0v) is 10.3. The summed E-state index contributed by atoms with van der Waals surface area (Å²) in [7, 11) is 0. The van der Waals surface area contributed by atoms with E-state index in [-0.39, 0.29) is 5.56 Å². The van der Waals surface area contributed by atoms with Crippen molar-refractivity contribution in [2.75, 3.05) is 19.8 Å². The second-order valence-corrected chi connectivity index (χ2v) is 4.29. The summed E-state index contributed by atoms with van der Waals surface area (Å²) in [6.45, 7) is -0.822. The van der Waals surface area contributed by atoms with Crippen LogP contribution in [-0.4, -0.2) is 46.6 Å². The number of hydrogen-bond acceptors (Lipinski definition) is 4. The molecule has 19 heavy (non-hydrogen) atoms. The van der Waals surface area contributed by atoms with Crippen LogP contribution >= 0.6 is 0 Å². The molecule has 0 aliphatic rings. The number of rotatable bonds is 5. The van der Waals surface area contributed by atoms with Gasteiger partial charge in [-0.3, -0.25) is 4.79 Å². The predicted octanol–water partition coefficient (Wildman–Crippen LogP) is -0.281. The minimum atomic E-state index is -1.66. The molecule has 5 nitrogen and oxygen atoms in total. The molecule has 0 aromatic heterocycles. The van der Waals surface area contributed by atoms with Crippen molar-refractivity contribution in [2.45, 2.75) is 12.5 Å². The van der Waals surface area contributed by atoms with Gasteiger partial charge in [-0.25, -0.2) is 8.78 Å². The Morgan fingerprint density at radius 3 is 2.16 bits per heavy atom. The average Bonchev–Trinajstić information content (AvgIpc) is 2.40. The molecule has 0 aliphatic heterocycles. The van der Waals surface area contributed by atoms with E-state index in [0.29, 0.717) is 6.07 Å². The summed E-state index contributed by atoms with van der Waals surface area (Å²) in [5.74, 6) is -2.81. The minimum absolute atomic E-state index is 0.0779. The fourth-order valence-electron chi connectivity index (χ4n) is 1.41. The van der Waals surface area contributed by atoms with Crippen LogP contribution in [-0.2, 0) is 0 Å². The van der Waals surface area contributed by atoms with Crippen LogP contribution in [0.5, 0.6) is 0 Å². The molecule has 106 valence electrons. The Labute approximate surface area is 108 Å². The summed E-state index contributed by atoms with van der Waals surface area (Å²) < 4.78 is 26.5. The van der Waals surface area contributed by atoms with Gasteiger partial charge in [-0.05, 0) is 18.6 Å². The van der Waals surface area contributed by atoms with Crippen LogP contribution in [0.1, 0.15) is 15.9 Å². The lowest BCUT2D eigenvalue weighted by Crippen LogP contribution is -2.57. The zero-order chi connectivity index (χ0) is 14.6. The highest BCUT2D eigenvalue weighted by molar-refractivity contribution is 5.95. The molecule has 0 aliphatic carbocycles. The van der Waals surface area contributed by atoms with E-state index >= 15 is 0 Å². The van der Waals surface area contributed by atoms with Crippen LogP contribution in [0, 0.1) is 18.6 Å². The summed E-state index contributed by atoms with van der Waals surface area (Å²) in [5, 5.41) is 29.3. The third-order valence-electron chi connectivity index (χ3n) is 2.78. The first-order chi connectivity index (χ1) is 8.89. The highest BCUT2D eigenvalue weighted by Crippen LogP contribution is 2.15. The van der Waals surface area contributed by atoms with Gasteiger partial charge in [0.2, 0.25) is 0 Å². The van der Waals surface area contributed by atoms with Crippen molar-refractivity contribution in [3.05, 3.63) is 34.9 Å². The van der Waals surface area contributed by atoms with E-state index in [1.54, 1.807) is 0 Å². The van der Waals surface area contributed by atoms with Gasteiger partial charge in [-0.2, -0.15) is 0 Å². The summed E-state index contributed by atoms with van der Waals surface area (Å²) in [5.41, 5.74) is -2.01. The second kappa shape index (κ2) is 6.05.